The van der Waals surface area contributed by atoms with Gasteiger partial charge in [0.1, 0.15) is 12.4 Å². The van der Waals surface area contributed by atoms with E-state index in [2.05, 4.69) is 11.1 Å². The zero-order valence-electron chi connectivity index (χ0n) is 20.1. The van der Waals surface area contributed by atoms with Gasteiger partial charge in [-0.2, -0.15) is 10.2 Å². The van der Waals surface area contributed by atoms with E-state index < -0.39 is 0 Å². The Morgan fingerprint density at radius 1 is 1.17 bits per heavy atom. The summed E-state index contributed by atoms with van der Waals surface area (Å²) in [6.07, 6.45) is 4.19. The molecule has 1 amide bonds. The fourth-order valence-electron chi connectivity index (χ4n) is 3.99. The number of ether oxygens (including phenoxy) is 2. The molecule has 2 heterocycles. The predicted octanol–water partition coefficient (Wildman–Crippen LogP) is 4.15. The highest BCUT2D eigenvalue weighted by molar-refractivity contribution is 7.99. The molecule has 3 aromatic rings. The van der Waals surface area contributed by atoms with E-state index in [9.17, 15) is 4.79 Å². The Hall–Kier alpha value is -3.77. The quantitative estimate of drug-likeness (QED) is 0.432. The minimum absolute atomic E-state index is 0.117. The van der Waals surface area contributed by atoms with Crippen LogP contribution in [0.2, 0.25) is 0 Å². The van der Waals surface area contributed by atoms with Crippen LogP contribution in [0.5, 0.6) is 11.6 Å². The maximum absolute atomic E-state index is 12.7. The van der Waals surface area contributed by atoms with Gasteiger partial charge in [-0.05, 0) is 60.7 Å². The lowest BCUT2D eigenvalue weighted by molar-refractivity contribution is -0.131. The summed E-state index contributed by atoms with van der Waals surface area (Å²) in [5.74, 6) is 2.48. The van der Waals surface area contributed by atoms with Crippen LogP contribution in [0.1, 0.15) is 24.0 Å². The fourth-order valence-corrected chi connectivity index (χ4v) is 4.82. The van der Waals surface area contributed by atoms with Gasteiger partial charge in [0.15, 0.2) is 0 Å². The molecule has 0 atom stereocenters. The largest absolute Gasteiger partial charge is 0.497 e. The van der Waals surface area contributed by atoms with E-state index in [0.29, 0.717) is 43.0 Å². The SMILES string of the molecule is COc1cccc(COc2nc(N3CCN(CC4CC4)C(=O)C3)ncc2Sc2ccc(C#N)cc2)c1. The second-order valence-electron chi connectivity index (χ2n) is 8.92. The predicted molar refractivity (Wildman–Crippen MR) is 136 cm³/mol. The number of benzene rings is 2. The Morgan fingerprint density at radius 3 is 2.72 bits per heavy atom. The second kappa shape index (κ2) is 10.9. The van der Waals surface area contributed by atoms with Gasteiger partial charge < -0.3 is 19.3 Å². The Bertz CT molecular complexity index is 1270. The standard InChI is InChI=1S/C27H27N5O3S/c1-34-22-4-2-3-21(13-22)18-35-26-24(36-23-9-7-19(14-28)8-10-23)15-29-27(30-26)32-12-11-31(25(33)17-32)16-20-5-6-20/h2-4,7-10,13,15,20H,5-6,11-12,16-18H2,1H3. The number of methoxy groups -OCH3 is 1. The van der Waals surface area contributed by atoms with Crippen molar-refractivity contribution < 1.29 is 14.3 Å². The van der Waals surface area contributed by atoms with Crippen LogP contribution < -0.4 is 14.4 Å². The lowest BCUT2D eigenvalue weighted by atomic mass is 10.2. The van der Waals surface area contributed by atoms with Crippen molar-refractivity contribution in [1.82, 2.24) is 14.9 Å². The van der Waals surface area contributed by atoms with Crippen molar-refractivity contribution in [3.8, 4) is 17.7 Å². The van der Waals surface area contributed by atoms with E-state index in [1.54, 1.807) is 25.4 Å². The molecule has 9 heteroatoms. The molecule has 0 bridgehead atoms. The fraction of sp³-hybridized carbons (Fsp3) is 0.333. The molecule has 0 unspecified atom stereocenters. The zero-order valence-corrected chi connectivity index (χ0v) is 20.9. The number of carbonyl (C=O) groups excluding carboxylic acids is 1. The van der Waals surface area contributed by atoms with E-state index in [4.69, 9.17) is 19.7 Å². The molecule has 1 saturated heterocycles. The molecule has 2 fully saturated rings. The van der Waals surface area contributed by atoms with Gasteiger partial charge >= 0.3 is 0 Å². The number of anilines is 1. The maximum atomic E-state index is 12.7. The highest BCUT2D eigenvalue weighted by Gasteiger charge is 2.31. The van der Waals surface area contributed by atoms with Gasteiger partial charge in [0.2, 0.25) is 17.7 Å². The molecule has 0 N–H and O–H groups in total. The Labute approximate surface area is 214 Å². The Balaban J connectivity index is 1.35. The molecular formula is C27H27N5O3S. The average molecular weight is 502 g/mol. The summed E-state index contributed by atoms with van der Waals surface area (Å²) in [6.45, 7) is 2.81. The van der Waals surface area contributed by atoms with Crippen LogP contribution in [0.15, 0.2) is 64.5 Å². The van der Waals surface area contributed by atoms with Crippen molar-refractivity contribution in [3.05, 3.63) is 65.9 Å². The first-order chi connectivity index (χ1) is 17.6. The van der Waals surface area contributed by atoms with Crippen molar-refractivity contribution in [3.63, 3.8) is 0 Å². The summed E-state index contributed by atoms with van der Waals surface area (Å²) in [6, 6.07) is 17.2. The highest BCUT2D eigenvalue weighted by atomic mass is 32.2. The molecule has 1 aliphatic carbocycles. The van der Waals surface area contributed by atoms with Gasteiger partial charge in [0.25, 0.3) is 0 Å². The van der Waals surface area contributed by atoms with Gasteiger partial charge in [0.05, 0.1) is 36.4 Å². The highest BCUT2D eigenvalue weighted by Crippen LogP contribution is 2.35. The van der Waals surface area contributed by atoms with Gasteiger partial charge in [0, 0.05) is 24.5 Å². The summed E-state index contributed by atoms with van der Waals surface area (Å²) in [4.78, 5) is 27.6. The van der Waals surface area contributed by atoms with Crippen LogP contribution in [0.25, 0.3) is 0 Å². The number of carbonyl (C=O) groups is 1. The number of aromatic nitrogens is 2. The average Bonchev–Trinajstić information content (AvgIpc) is 3.74. The summed E-state index contributed by atoms with van der Waals surface area (Å²) >= 11 is 1.47. The molecule has 1 aromatic heterocycles. The maximum Gasteiger partial charge on any atom is 0.242 e. The summed E-state index contributed by atoms with van der Waals surface area (Å²) < 4.78 is 11.5. The van der Waals surface area contributed by atoms with Gasteiger partial charge in [-0.25, -0.2) is 4.98 Å². The van der Waals surface area contributed by atoms with Crippen molar-refractivity contribution in [1.29, 1.82) is 5.26 Å². The van der Waals surface area contributed by atoms with E-state index in [0.717, 1.165) is 27.6 Å². The third-order valence-electron chi connectivity index (χ3n) is 6.21. The number of nitrogens with zero attached hydrogens (tertiary/aromatic N) is 5. The minimum Gasteiger partial charge on any atom is -0.497 e. The van der Waals surface area contributed by atoms with E-state index >= 15 is 0 Å². The van der Waals surface area contributed by atoms with Crippen LogP contribution in [-0.4, -0.2) is 54.1 Å². The zero-order chi connectivity index (χ0) is 24.9. The van der Waals surface area contributed by atoms with E-state index in [-0.39, 0.29) is 12.5 Å². The number of rotatable bonds is 9. The number of hydrogen-bond acceptors (Lipinski definition) is 8. The summed E-state index contributed by atoms with van der Waals surface area (Å²) in [5.41, 5.74) is 1.55. The van der Waals surface area contributed by atoms with Crippen LogP contribution in [-0.2, 0) is 11.4 Å². The molecule has 1 saturated carbocycles. The van der Waals surface area contributed by atoms with Gasteiger partial charge in [-0.15, -0.1) is 0 Å². The molecule has 5 rings (SSSR count). The van der Waals surface area contributed by atoms with Crippen molar-refractivity contribution in [2.45, 2.75) is 29.2 Å². The Kier molecular flexibility index (Phi) is 7.23. The number of hydrogen-bond donors (Lipinski definition) is 0. The monoisotopic (exact) mass is 501 g/mol. The lowest BCUT2D eigenvalue weighted by Gasteiger charge is -2.34. The van der Waals surface area contributed by atoms with Crippen LogP contribution in [0, 0.1) is 17.2 Å². The first-order valence-electron chi connectivity index (χ1n) is 11.9. The van der Waals surface area contributed by atoms with Crippen LogP contribution in [0.4, 0.5) is 5.95 Å². The molecule has 184 valence electrons. The first kappa shape index (κ1) is 23.9. The molecule has 0 radical (unpaired) electrons. The normalized spacial score (nSPS) is 15.5. The van der Waals surface area contributed by atoms with Crippen LogP contribution >= 0.6 is 11.8 Å². The van der Waals surface area contributed by atoms with E-state index in [1.165, 1.54) is 24.6 Å². The smallest absolute Gasteiger partial charge is 0.242 e. The molecule has 0 spiro atoms. The molecular weight excluding hydrogens is 474 g/mol. The topological polar surface area (TPSA) is 91.6 Å². The number of nitriles is 1. The van der Waals surface area contributed by atoms with Gasteiger partial charge in [-0.3, -0.25) is 4.79 Å². The molecule has 2 aliphatic rings. The minimum atomic E-state index is 0.117. The molecule has 1 aliphatic heterocycles. The van der Waals surface area contributed by atoms with Gasteiger partial charge in [-0.1, -0.05) is 23.9 Å². The third-order valence-corrected chi connectivity index (χ3v) is 7.22. The molecule has 8 nitrogen and oxygen atoms in total. The third kappa shape index (κ3) is 5.89. The van der Waals surface area contributed by atoms with Crippen molar-refractivity contribution in [2.75, 3.05) is 38.2 Å². The lowest BCUT2D eigenvalue weighted by Crippen LogP contribution is -2.51. The summed E-state index contributed by atoms with van der Waals surface area (Å²) in [7, 11) is 1.63. The van der Waals surface area contributed by atoms with Crippen molar-refractivity contribution in [2.24, 2.45) is 5.92 Å². The first-order valence-corrected chi connectivity index (χ1v) is 12.8. The van der Waals surface area contributed by atoms with Crippen LogP contribution in [0.3, 0.4) is 0 Å². The second-order valence-corrected chi connectivity index (χ2v) is 10.0. The van der Waals surface area contributed by atoms with Crippen molar-refractivity contribution >= 4 is 23.6 Å². The number of amides is 1. The number of piperazine rings is 1. The summed E-state index contributed by atoms with van der Waals surface area (Å²) in [5, 5.41) is 9.08. The van der Waals surface area contributed by atoms with E-state index in [1.807, 2.05) is 46.2 Å². The molecule has 36 heavy (non-hydrogen) atoms. The Morgan fingerprint density at radius 2 is 2.00 bits per heavy atom. The molecule has 2 aromatic carbocycles.